The summed E-state index contributed by atoms with van der Waals surface area (Å²) in [7, 11) is -2.31. The van der Waals surface area contributed by atoms with Crippen molar-refractivity contribution in [2.45, 2.75) is 17.7 Å². The quantitative estimate of drug-likeness (QED) is 0.534. The minimum Gasteiger partial charge on any atom is -0.383 e. The molecule has 11 heteroatoms. The smallest absolute Gasteiger partial charge is 0.253 e. The van der Waals surface area contributed by atoms with Gasteiger partial charge in [0.05, 0.1) is 18.0 Å². The number of nitrogens with zero attached hydrogens (tertiary/aromatic N) is 2. The van der Waals surface area contributed by atoms with Crippen molar-refractivity contribution in [1.82, 2.24) is 19.8 Å². The van der Waals surface area contributed by atoms with Crippen LogP contribution in [0.15, 0.2) is 29.2 Å². The van der Waals surface area contributed by atoms with E-state index >= 15 is 0 Å². The number of likely N-dealkylation sites (tertiary alicyclic amines) is 1. The summed E-state index contributed by atoms with van der Waals surface area (Å²) in [6, 6.07) is 5.89. The average molecular weight is 453 g/mol. The Hall–Kier alpha value is -2.50. The molecule has 170 valence electrons. The molecule has 1 aromatic rings. The Morgan fingerprint density at radius 1 is 1.23 bits per heavy atom. The predicted octanol–water partition coefficient (Wildman–Crippen LogP) is -0.578. The van der Waals surface area contributed by atoms with Gasteiger partial charge in [-0.1, -0.05) is 6.07 Å². The maximum Gasteiger partial charge on any atom is 0.253 e. The van der Waals surface area contributed by atoms with E-state index in [0.717, 1.165) is 4.31 Å². The number of ether oxygens (including phenoxy) is 1. The zero-order valence-electron chi connectivity index (χ0n) is 17.5. The third-order valence-electron chi connectivity index (χ3n) is 5.48. The molecule has 0 aromatic heterocycles. The largest absolute Gasteiger partial charge is 0.383 e. The fourth-order valence-corrected chi connectivity index (χ4v) is 5.15. The summed E-state index contributed by atoms with van der Waals surface area (Å²) >= 11 is 0. The lowest BCUT2D eigenvalue weighted by Gasteiger charge is -2.31. The fraction of sp³-hybridized carbons (Fsp3) is 0.550. The number of hydrogen-bond donors (Lipinski definition) is 2. The Balaban J connectivity index is 1.63. The zero-order chi connectivity index (χ0) is 22.4. The van der Waals surface area contributed by atoms with E-state index in [4.69, 9.17) is 4.74 Å². The molecule has 0 bridgehead atoms. The van der Waals surface area contributed by atoms with E-state index in [9.17, 15) is 22.8 Å². The Bertz CT molecular complexity index is 927. The molecule has 10 nitrogen and oxygen atoms in total. The van der Waals surface area contributed by atoms with Crippen molar-refractivity contribution in [2.75, 3.05) is 53.0 Å². The second-order valence-electron chi connectivity index (χ2n) is 7.57. The van der Waals surface area contributed by atoms with Gasteiger partial charge in [-0.3, -0.25) is 14.4 Å². The van der Waals surface area contributed by atoms with Gasteiger partial charge < -0.3 is 20.3 Å². The molecule has 2 saturated heterocycles. The van der Waals surface area contributed by atoms with Crippen LogP contribution in [-0.2, 0) is 24.3 Å². The van der Waals surface area contributed by atoms with E-state index in [1.165, 1.54) is 18.2 Å². The Kier molecular flexibility index (Phi) is 7.63. The lowest BCUT2D eigenvalue weighted by Crippen LogP contribution is -2.49. The van der Waals surface area contributed by atoms with E-state index in [-0.39, 0.29) is 53.7 Å². The van der Waals surface area contributed by atoms with Gasteiger partial charge in [0, 0.05) is 51.3 Å². The first-order chi connectivity index (χ1) is 14.8. The molecular formula is C20H28N4O6S. The standard InChI is InChI=1S/C20H28N4O6S/c1-30-12-8-22-19(26)15-5-9-23(10-6-15)20(27)16-3-2-4-17(13-16)31(28,29)24-11-7-21-18(25)14-24/h2-4,13,15H,5-12,14H2,1H3,(H,21,25)(H,22,26). The molecule has 3 rings (SSSR count). The highest BCUT2D eigenvalue weighted by molar-refractivity contribution is 7.89. The molecule has 2 aliphatic rings. The molecule has 2 heterocycles. The van der Waals surface area contributed by atoms with Crippen molar-refractivity contribution in [2.24, 2.45) is 5.92 Å². The Morgan fingerprint density at radius 2 is 1.97 bits per heavy atom. The van der Waals surface area contributed by atoms with Gasteiger partial charge in [0.1, 0.15) is 0 Å². The van der Waals surface area contributed by atoms with Gasteiger partial charge in [-0.25, -0.2) is 8.42 Å². The highest BCUT2D eigenvalue weighted by Crippen LogP contribution is 2.22. The van der Waals surface area contributed by atoms with Crippen LogP contribution in [0.3, 0.4) is 0 Å². The molecule has 0 aliphatic carbocycles. The van der Waals surface area contributed by atoms with Gasteiger partial charge >= 0.3 is 0 Å². The first-order valence-electron chi connectivity index (χ1n) is 10.3. The second-order valence-corrected chi connectivity index (χ2v) is 9.50. The molecule has 31 heavy (non-hydrogen) atoms. The number of nitrogens with one attached hydrogen (secondary N) is 2. The third kappa shape index (κ3) is 5.60. The minimum absolute atomic E-state index is 0.0135. The van der Waals surface area contributed by atoms with Crippen molar-refractivity contribution in [1.29, 1.82) is 0 Å². The summed E-state index contributed by atoms with van der Waals surface area (Å²) in [5.74, 6) is -0.816. The van der Waals surface area contributed by atoms with Crippen LogP contribution in [0.4, 0.5) is 0 Å². The van der Waals surface area contributed by atoms with Crippen molar-refractivity contribution in [3.63, 3.8) is 0 Å². The van der Waals surface area contributed by atoms with Crippen LogP contribution >= 0.6 is 0 Å². The number of methoxy groups -OCH3 is 1. The fourth-order valence-electron chi connectivity index (χ4n) is 3.71. The second kappa shape index (κ2) is 10.2. The van der Waals surface area contributed by atoms with Gasteiger partial charge in [-0.05, 0) is 31.0 Å². The monoisotopic (exact) mass is 452 g/mol. The molecule has 0 saturated carbocycles. The zero-order valence-corrected chi connectivity index (χ0v) is 18.3. The van der Waals surface area contributed by atoms with Gasteiger partial charge in [0.25, 0.3) is 5.91 Å². The van der Waals surface area contributed by atoms with Crippen LogP contribution < -0.4 is 10.6 Å². The van der Waals surface area contributed by atoms with E-state index in [0.29, 0.717) is 39.1 Å². The number of hydrogen-bond acceptors (Lipinski definition) is 6. The summed E-state index contributed by atoms with van der Waals surface area (Å²) in [5.41, 5.74) is 0.269. The first-order valence-corrected chi connectivity index (χ1v) is 11.7. The van der Waals surface area contributed by atoms with Gasteiger partial charge in [-0.2, -0.15) is 4.31 Å². The van der Waals surface area contributed by atoms with E-state index in [2.05, 4.69) is 10.6 Å². The Morgan fingerprint density at radius 3 is 2.65 bits per heavy atom. The summed E-state index contributed by atoms with van der Waals surface area (Å²) in [5, 5.41) is 5.41. The number of benzene rings is 1. The maximum atomic E-state index is 12.9. The van der Waals surface area contributed by atoms with Gasteiger partial charge in [0.2, 0.25) is 21.8 Å². The molecular weight excluding hydrogens is 424 g/mol. The highest BCUT2D eigenvalue weighted by atomic mass is 32.2. The van der Waals surface area contributed by atoms with Crippen molar-refractivity contribution >= 4 is 27.7 Å². The van der Waals surface area contributed by atoms with Crippen molar-refractivity contribution in [3.05, 3.63) is 29.8 Å². The summed E-state index contributed by atoms with van der Waals surface area (Å²) in [4.78, 5) is 38.3. The Labute approximate surface area is 182 Å². The SMILES string of the molecule is COCCNC(=O)C1CCN(C(=O)c2cccc(S(=O)(=O)N3CCNC(=O)C3)c2)CC1. The molecule has 2 fully saturated rings. The summed E-state index contributed by atoms with van der Waals surface area (Å²) < 4.78 is 31.8. The van der Waals surface area contributed by atoms with Gasteiger partial charge in [0.15, 0.2) is 0 Å². The maximum absolute atomic E-state index is 12.9. The normalized spacial score (nSPS) is 18.5. The highest BCUT2D eigenvalue weighted by Gasteiger charge is 2.31. The van der Waals surface area contributed by atoms with E-state index in [1.54, 1.807) is 18.1 Å². The van der Waals surface area contributed by atoms with Crippen LogP contribution in [0.2, 0.25) is 0 Å². The van der Waals surface area contributed by atoms with Crippen LogP contribution in [0, 0.1) is 5.92 Å². The summed E-state index contributed by atoms with van der Waals surface area (Å²) in [6.45, 7) is 1.95. The first kappa shape index (κ1) is 23.2. The number of amides is 3. The van der Waals surface area contributed by atoms with Crippen molar-refractivity contribution in [3.8, 4) is 0 Å². The molecule has 2 aliphatic heterocycles. The van der Waals surface area contributed by atoms with E-state index < -0.39 is 10.0 Å². The third-order valence-corrected chi connectivity index (χ3v) is 7.32. The van der Waals surface area contributed by atoms with Crippen LogP contribution in [0.5, 0.6) is 0 Å². The summed E-state index contributed by atoms with van der Waals surface area (Å²) in [6.07, 6.45) is 1.09. The molecule has 3 amide bonds. The topological polar surface area (TPSA) is 125 Å². The number of rotatable bonds is 7. The molecule has 0 radical (unpaired) electrons. The van der Waals surface area contributed by atoms with Gasteiger partial charge in [-0.15, -0.1) is 0 Å². The lowest BCUT2D eigenvalue weighted by atomic mass is 9.95. The molecule has 2 N–H and O–H groups in total. The number of carbonyl (C=O) groups is 3. The molecule has 0 spiro atoms. The molecule has 1 aromatic carbocycles. The number of sulfonamides is 1. The van der Waals surface area contributed by atoms with Crippen molar-refractivity contribution < 1.29 is 27.5 Å². The minimum atomic E-state index is -3.87. The predicted molar refractivity (Wildman–Crippen MR) is 112 cm³/mol. The van der Waals surface area contributed by atoms with Crippen LogP contribution in [-0.4, -0.2) is 88.3 Å². The van der Waals surface area contributed by atoms with E-state index in [1.807, 2.05) is 0 Å². The number of piperidine rings is 1. The average Bonchev–Trinajstić information content (AvgIpc) is 2.79. The number of carbonyl (C=O) groups excluding carboxylic acids is 3. The lowest BCUT2D eigenvalue weighted by molar-refractivity contribution is -0.126. The molecule has 0 atom stereocenters. The van der Waals surface area contributed by atoms with Crippen LogP contribution in [0.1, 0.15) is 23.2 Å². The van der Waals surface area contributed by atoms with Crippen LogP contribution in [0.25, 0.3) is 0 Å². The number of piperazine rings is 1. The molecule has 0 unspecified atom stereocenters.